The van der Waals surface area contributed by atoms with Crippen LogP contribution in [0.5, 0.6) is 0 Å². The van der Waals surface area contributed by atoms with Gasteiger partial charge in [0.15, 0.2) is 5.11 Å². The van der Waals surface area contributed by atoms with E-state index in [1.165, 1.54) is 18.6 Å². The van der Waals surface area contributed by atoms with E-state index in [1.54, 1.807) is 18.3 Å². The average molecular weight is 631 g/mol. The topological polar surface area (TPSA) is 119 Å². The first-order chi connectivity index (χ1) is 21.1. The van der Waals surface area contributed by atoms with Crippen molar-refractivity contribution in [3.63, 3.8) is 0 Å². The maximum atomic E-state index is 11.7. The van der Waals surface area contributed by atoms with Gasteiger partial charge in [0.1, 0.15) is 17.6 Å². The Hall–Kier alpha value is -4.41. The fourth-order valence-corrected chi connectivity index (χ4v) is 7.01. The summed E-state index contributed by atoms with van der Waals surface area (Å²) in [7, 11) is 0. The van der Waals surface area contributed by atoms with Crippen LogP contribution in [-0.4, -0.2) is 45.3 Å². The first kappa shape index (κ1) is 29.7. The number of nitrogens with one attached hydrogen (secondary N) is 1. The fraction of sp³-hybridized carbons (Fsp3) is 0.273. The molecule has 44 heavy (non-hydrogen) atoms. The lowest BCUT2D eigenvalue weighted by atomic mass is 9.91. The van der Waals surface area contributed by atoms with Crippen molar-refractivity contribution in [2.75, 3.05) is 22.9 Å². The summed E-state index contributed by atoms with van der Waals surface area (Å²) < 4.78 is 6.35. The number of aromatic nitrogens is 1. The van der Waals surface area contributed by atoms with Gasteiger partial charge in [-0.1, -0.05) is 31.5 Å². The number of anilines is 2. The smallest absolute Gasteiger partial charge is 0.335 e. The summed E-state index contributed by atoms with van der Waals surface area (Å²) in [5, 5.41) is 23.6. The number of thiocarbonyl (C=S) groups is 1. The van der Waals surface area contributed by atoms with E-state index in [9.17, 15) is 19.8 Å². The van der Waals surface area contributed by atoms with E-state index < -0.39 is 18.0 Å². The molecule has 2 saturated heterocycles. The molecule has 4 atom stereocenters. The van der Waals surface area contributed by atoms with Crippen molar-refractivity contribution in [2.45, 2.75) is 32.4 Å². The highest BCUT2D eigenvalue weighted by Crippen LogP contribution is 2.44. The molecule has 3 N–H and O–H groups in total. The Kier molecular flexibility index (Phi) is 8.04. The Morgan fingerprint density at radius 1 is 0.977 bits per heavy atom. The molecule has 0 bridgehead atoms. The molecule has 11 heteroatoms. The number of hydrogen-bond donors (Lipinski definition) is 3. The van der Waals surface area contributed by atoms with E-state index in [4.69, 9.17) is 28.2 Å². The van der Waals surface area contributed by atoms with Crippen LogP contribution in [-0.2, 0) is 0 Å². The Labute approximate surface area is 265 Å². The Morgan fingerprint density at radius 3 is 2.30 bits per heavy atom. The largest absolute Gasteiger partial charge is 0.478 e. The summed E-state index contributed by atoms with van der Waals surface area (Å²) in [6.07, 6.45) is 2.91. The van der Waals surface area contributed by atoms with Gasteiger partial charge in [-0.15, -0.1) is 0 Å². The van der Waals surface area contributed by atoms with Gasteiger partial charge in [0, 0.05) is 30.5 Å². The number of pyridine rings is 1. The summed E-state index contributed by atoms with van der Waals surface area (Å²) in [6, 6.07) is 18.1. The van der Waals surface area contributed by atoms with E-state index in [-0.39, 0.29) is 17.2 Å². The number of aromatic carboxylic acids is 2. The van der Waals surface area contributed by atoms with Crippen LogP contribution in [0.25, 0.3) is 11.3 Å². The normalized spacial score (nSPS) is 21.8. The third-order valence-corrected chi connectivity index (χ3v) is 8.76. The number of halogens is 1. The lowest BCUT2D eigenvalue weighted by Gasteiger charge is -2.37. The van der Waals surface area contributed by atoms with E-state index in [0.717, 1.165) is 36.2 Å². The van der Waals surface area contributed by atoms with Crippen LogP contribution >= 0.6 is 23.8 Å². The number of piperidine rings is 1. The van der Waals surface area contributed by atoms with Crippen LogP contribution in [0.1, 0.15) is 64.5 Å². The van der Waals surface area contributed by atoms with Crippen LogP contribution in [0.2, 0.25) is 5.02 Å². The third kappa shape index (κ3) is 5.75. The summed E-state index contributed by atoms with van der Waals surface area (Å²) in [6.45, 7) is 6.41. The standard InChI is InChI=1S/C33H31ClN4O5S/c1-18-11-19(2)17-37(16-18)26-7-6-23(15-24(26)34)38-30(29(36-33(38)44)25-5-3-4-10-35-25)28-9-8-27(43-28)20-12-21(31(39)40)14-22(13-20)32(41)42/h3-10,12-15,18-19,29-30H,11,16-17H2,1-2H3,(H,36,44)(H,39,40)(H,41,42)/t18-,19-,29+,30+/m1/s1. The minimum absolute atomic E-state index is 0.151. The van der Waals surface area contributed by atoms with E-state index in [1.807, 2.05) is 41.3 Å². The Bertz CT molecular complexity index is 1700. The molecule has 2 fully saturated rings. The number of hydrogen-bond acceptors (Lipinski definition) is 6. The van der Waals surface area contributed by atoms with Gasteiger partial charge in [0.2, 0.25) is 0 Å². The first-order valence-electron chi connectivity index (χ1n) is 14.4. The molecule has 6 rings (SSSR count). The van der Waals surface area contributed by atoms with Gasteiger partial charge >= 0.3 is 11.9 Å². The van der Waals surface area contributed by atoms with Gasteiger partial charge in [0.25, 0.3) is 0 Å². The number of nitrogens with zero attached hydrogens (tertiary/aromatic N) is 3. The number of benzene rings is 2. The summed E-state index contributed by atoms with van der Waals surface area (Å²) in [5.74, 6) is -0.471. The van der Waals surface area contributed by atoms with Gasteiger partial charge in [0.05, 0.1) is 33.6 Å². The second kappa shape index (κ2) is 11.9. The monoisotopic (exact) mass is 630 g/mol. The van der Waals surface area contributed by atoms with Crippen molar-refractivity contribution in [3.8, 4) is 11.3 Å². The molecular formula is C33H31ClN4O5S. The predicted octanol–water partition coefficient (Wildman–Crippen LogP) is 7.05. The number of carboxylic acid groups (broad SMARTS) is 2. The number of carboxylic acids is 2. The zero-order chi connectivity index (χ0) is 31.1. The molecule has 9 nitrogen and oxygen atoms in total. The molecule has 4 aromatic rings. The fourth-order valence-electron chi connectivity index (χ4n) is 6.37. The maximum Gasteiger partial charge on any atom is 0.335 e. The van der Waals surface area contributed by atoms with Crippen LogP contribution in [0.15, 0.2) is 77.3 Å². The Balaban J connectivity index is 1.40. The molecule has 0 radical (unpaired) electrons. The number of furan rings is 1. The van der Waals surface area contributed by atoms with Gasteiger partial charge in [-0.05, 0) is 91.1 Å². The van der Waals surface area contributed by atoms with Crippen molar-refractivity contribution in [1.29, 1.82) is 0 Å². The molecule has 0 unspecified atom stereocenters. The van der Waals surface area contributed by atoms with Crippen molar-refractivity contribution >= 4 is 52.2 Å². The lowest BCUT2D eigenvalue weighted by molar-refractivity contribution is 0.0696. The minimum atomic E-state index is -1.23. The lowest BCUT2D eigenvalue weighted by Crippen LogP contribution is -2.38. The van der Waals surface area contributed by atoms with Crippen molar-refractivity contribution in [1.82, 2.24) is 10.3 Å². The van der Waals surface area contributed by atoms with Crippen LogP contribution in [0.4, 0.5) is 11.4 Å². The van der Waals surface area contributed by atoms with E-state index in [2.05, 4.69) is 29.0 Å². The third-order valence-electron chi connectivity index (χ3n) is 8.15. The van der Waals surface area contributed by atoms with Gasteiger partial charge in [-0.3, -0.25) is 4.98 Å². The molecule has 2 aromatic carbocycles. The zero-order valence-corrected chi connectivity index (χ0v) is 25.7. The van der Waals surface area contributed by atoms with Crippen LogP contribution in [0.3, 0.4) is 0 Å². The molecule has 2 aliphatic rings. The van der Waals surface area contributed by atoms with E-state index >= 15 is 0 Å². The summed E-state index contributed by atoms with van der Waals surface area (Å²) in [5.41, 5.74) is 2.54. The van der Waals surface area contributed by atoms with Crippen LogP contribution in [0, 0.1) is 11.8 Å². The van der Waals surface area contributed by atoms with Crippen molar-refractivity contribution < 1.29 is 24.2 Å². The van der Waals surface area contributed by atoms with Gasteiger partial charge < -0.3 is 29.7 Å². The molecule has 2 aromatic heterocycles. The molecule has 0 aliphatic carbocycles. The molecule has 2 aliphatic heterocycles. The van der Waals surface area contributed by atoms with Crippen molar-refractivity contribution in [3.05, 3.63) is 101 Å². The van der Waals surface area contributed by atoms with Gasteiger partial charge in [-0.2, -0.15) is 0 Å². The molecule has 0 spiro atoms. The second-order valence-electron chi connectivity index (χ2n) is 11.6. The highest BCUT2D eigenvalue weighted by molar-refractivity contribution is 7.80. The highest BCUT2D eigenvalue weighted by atomic mass is 35.5. The molecule has 4 heterocycles. The number of carbonyl (C=O) groups is 2. The second-order valence-corrected chi connectivity index (χ2v) is 12.4. The van der Waals surface area contributed by atoms with Crippen LogP contribution < -0.4 is 15.1 Å². The maximum absolute atomic E-state index is 11.7. The predicted molar refractivity (Wildman–Crippen MR) is 173 cm³/mol. The Morgan fingerprint density at radius 2 is 1.68 bits per heavy atom. The average Bonchev–Trinajstić information content (AvgIpc) is 3.61. The zero-order valence-electron chi connectivity index (χ0n) is 24.1. The molecule has 0 amide bonds. The quantitative estimate of drug-likeness (QED) is 0.183. The number of rotatable bonds is 7. The molecule has 226 valence electrons. The minimum Gasteiger partial charge on any atom is -0.478 e. The van der Waals surface area contributed by atoms with Crippen molar-refractivity contribution in [2.24, 2.45) is 11.8 Å². The summed E-state index contributed by atoms with van der Waals surface area (Å²) >= 11 is 12.8. The molecule has 0 saturated carbocycles. The first-order valence-corrected chi connectivity index (χ1v) is 15.1. The molecular weight excluding hydrogens is 600 g/mol. The summed E-state index contributed by atoms with van der Waals surface area (Å²) in [4.78, 5) is 32.3. The highest BCUT2D eigenvalue weighted by Gasteiger charge is 2.43. The van der Waals surface area contributed by atoms with E-state index in [0.29, 0.717) is 39.1 Å². The van der Waals surface area contributed by atoms with Gasteiger partial charge in [-0.25, -0.2) is 9.59 Å². The SMILES string of the molecule is C[C@@H]1C[C@@H](C)CN(c2ccc(N3C(=S)N[C@@H](c4ccccn4)[C@@H]3c3ccc(-c4cc(C(=O)O)cc(C(=O)O)c4)o3)cc2Cl)C1.